The maximum atomic E-state index is 12.1. The molecule has 0 bridgehead atoms. The van der Waals surface area contributed by atoms with Crippen LogP contribution in [0.25, 0.3) is 0 Å². The van der Waals surface area contributed by atoms with Crippen molar-refractivity contribution in [2.45, 2.75) is 26.2 Å². The van der Waals surface area contributed by atoms with E-state index in [0.717, 1.165) is 24.7 Å². The molecule has 16 heavy (non-hydrogen) atoms. The maximum absolute atomic E-state index is 12.1. The first kappa shape index (κ1) is 13.0. The van der Waals surface area contributed by atoms with Gasteiger partial charge >= 0.3 is 0 Å². The zero-order valence-corrected chi connectivity index (χ0v) is 10.2. The molecule has 1 atom stereocenters. The highest BCUT2D eigenvalue weighted by atomic mass is 19.1. The highest BCUT2D eigenvalue weighted by molar-refractivity contribution is 5.22. The van der Waals surface area contributed by atoms with E-state index in [9.17, 15) is 4.39 Å². The summed E-state index contributed by atoms with van der Waals surface area (Å²) in [4.78, 5) is 2.33. The highest BCUT2D eigenvalue weighted by Gasteiger charge is 2.21. The Hall–Kier alpha value is -1.05. The molecule has 1 rings (SSSR count). The Morgan fingerprint density at radius 3 is 3.00 bits per heavy atom. The van der Waals surface area contributed by atoms with Gasteiger partial charge in [-0.05, 0) is 30.9 Å². The van der Waals surface area contributed by atoms with E-state index >= 15 is 0 Å². The summed E-state index contributed by atoms with van der Waals surface area (Å²) in [5.74, 6) is 0.803. The van der Waals surface area contributed by atoms with Gasteiger partial charge in [0.05, 0.1) is 0 Å². The summed E-state index contributed by atoms with van der Waals surface area (Å²) >= 11 is 0. The van der Waals surface area contributed by atoms with Crippen molar-refractivity contribution in [3.05, 3.63) is 36.6 Å². The van der Waals surface area contributed by atoms with E-state index in [0.29, 0.717) is 0 Å². The van der Waals surface area contributed by atoms with Crippen molar-refractivity contribution in [3.8, 4) is 0 Å². The van der Waals surface area contributed by atoms with Crippen LogP contribution in [0.3, 0.4) is 0 Å². The Labute approximate surface area is 98.3 Å². The van der Waals surface area contributed by atoms with Crippen LogP contribution in [0.1, 0.15) is 26.2 Å². The molecular weight excluding hydrogens is 201 g/mol. The van der Waals surface area contributed by atoms with E-state index in [1.54, 1.807) is 12.2 Å². The summed E-state index contributed by atoms with van der Waals surface area (Å²) in [6, 6.07) is 0. The van der Waals surface area contributed by atoms with E-state index in [4.69, 9.17) is 0 Å². The van der Waals surface area contributed by atoms with Gasteiger partial charge in [-0.1, -0.05) is 32.1 Å². The van der Waals surface area contributed by atoms with Gasteiger partial charge in [-0.2, -0.15) is 0 Å². The third-order valence-corrected chi connectivity index (χ3v) is 3.01. The molecule has 0 saturated carbocycles. The first-order valence-electron chi connectivity index (χ1n) is 6.12. The summed E-state index contributed by atoms with van der Waals surface area (Å²) < 4.78 is 12.1. The Morgan fingerprint density at radius 2 is 2.38 bits per heavy atom. The van der Waals surface area contributed by atoms with Gasteiger partial charge in [0, 0.05) is 18.8 Å². The first-order chi connectivity index (χ1) is 7.81. The molecule has 0 amide bonds. The lowest BCUT2D eigenvalue weighted by atomic mass is 10.0. The molecule has 1 nitrogen and oxygen atoms in total. The van der Waals surface area contributed by atoms with Gasteiger partial charge in [0.1, 0.15) is 6.67 Å². The molecule has 0 aliphatic carbocycles. The number of likely N-dealkylation sites (tertiary alicyclic amines) is 1. The van der Waals surface area contributed by atoms with Crippen molar-refractivity contribution >= 4 is 0 Å². The van der Waals surface area contributed by atoms with E-state index in [-0.39, 0.29) is 0 Å². The predicted molar refractivity (Wildman–Crippen MR) is 68.0 cm³/mol. The van der Waals surface area contributed by atoms with Crippen LogP contribution in [0.2, 0.25) is 0 Å². The zero-order valence-electron chi connectivity index (χ0n) is 10.2. The Bertz CT molecular complexity index is 268. The molecule has 0 aromatic rings. The van der Waals surface area contributed by atoms with Crippen LogP contribution in [0.4, 0.5) is 4.39 Å². The molecule has 1 saturated heterocycles. The Morgan fingerprint density at radius 1 is 1.56 bits per heavy atom. The molecular formula is C14H22FN. The van der Waals surface area contributed by atoms with Gasteiger partial charge in [-0.25, -0.2) is 4.39 Å². The fraction of sp³-hybridized carbons (Fsp3) is 0.571. The monoisotopic (exact) mass is 223 g/mol. The lowest BCUT2D eigenvalue weighted by Gasteiger charge is -2.19. The molecule has 2 heteroatoms. The van der Waals surface area contributed by atoms with E-state index < -0.39 is 6.67 Å². The molecule has 0 spiro atoms. The van der Waals surface area contributed by atoms with Crippen molar-refractivity contribution in [2.24, 2.45) is 5.92 Å². The van der Waals surface area contributed by atoms with Gasteiger partial charge in [-0.15, -0.1) is 0 Å². The summed E-state index contributed by atoms with van der Waals surface area (Å²) in [5, 5.41) is 0. The number of halogens is 1. The quantitative estimate of drug-likeness (QED) is 0.620. The van der Waals surface area contributed by atoms with Crippen LogP contribution in [0, 0.1) is 5.92 Å². The van der Waals surface area contributed by atoms with Gasteiger partial charge in [0.2, 0.25) is 0 Å². The number of alkyl halides is 1. The van der Waals surface area contributed by atoms with E-state index in [1.165, 1.54) is 19.3 Å². The summed E-state index contributed by atoms with van der Waals surface area (Å²) in [5.41, 5.74) is 1.09. The molecule has 1 aliphatic rings. The number of allylic oxidation sites excluding steroid dienone is 4. The van der Waals surface area contributed by atoms with Crippen LogP contribution in [-0.2, 0) is 0 Å². The number of hydrogen-bond acceptors (Lipinski definition) is 1. The molecule has 0 N–H and O–H groups in total. The normalized spacial score (nSPS) is 22.0. The number of hydrogen-bond donors (Lipinski definition) is 0. The largest absolute Gasteiger partial charge is 0.371 e. The molecule has 1 heterocycles. The molecule has 1 unspecified atom stereocenters. The molecule has 1 fully saturated rings. The average molecular weight is 223 g/mol. The smallest absolute Gasteiger partial charge is 0.108 e. The lowest BCUT2D eigenvalue weighted by molar-refractivity contribution is 0.404. The minimum Gasteiger partial charge on any atom is -0.371 e. The van der Waals surface area contributed by atoms with Crippen molar-refractivity contribution < 1.29 is 4.39 Å². The standard InChI is InChI=1S/C14H22FN/c1-3-6-13-9-11-16(12-13)14(7-4-2)8-5-10-15/h4-5,7-8,13H,2-3,6,9-12H2,1H3/b8-5-,14-7+. The van der Waals surface area contributed by atoms with Crippen LogP contribution in [-0.4, -0.2) is 24.7 Å². The van der Waals surface area contributed by atoms with Crippen LogP contribution >= 0.6 is 0 Å². The number of rotatable bonds is 6. The minimum atomic E-state index is -0.402. The molecule has 0 aromatic heterocycles. The summed E-state index contributed by atoms with van der Waals surface area (Å²) in [6.07, 6.45) is 10.9. The molecule has 1 aliphatic heterocycles. The summed E-state index contributed by atoms with van der Waals surface area (Å²) in [7, 11) is 0. The predicted octanol–water partition coefficient (Wildman–Crippen LogP) is 3.70. The third-order valence-electron chi connectivity index (χ3n) is 3.01. The topological polar surface area (TPSA) is 3.24 Å². The number of nitrogens with zero attached hydrogens (tertiary/aromatic N) is 1. The fourth-order valence-corrected chi connectivity index (χ4v) is 2.26. The van der Waals surface area contributed by atoms with Crippen LogP contribution in [0.15, 0.2) is 36.6 Å². The molecule has 0 radical (unpaired) electrons. The van der Waals surface area contributed by atoms with Gasteiger partial charge in [-0.3, -0.25) is 0 Å². The second-order valence-corrected chi connectivity index (χ2v) is 4.27. The van der Waals surface area contributed by atoms with Crippen molar-refractivity contribution in [1.29, 1.82) is 0 Å². The Balaban J connectivity index is 2.57. The zero-order chi connectivity index (χ0) is 11.8. The minimum absolute atomic E-state index is 0.402. The van der Waals surface area contributed by atoms with Crippen molar-refractivity contribution in [2.75, 3.05) is 19.8 Å². The molecule has 0 aromatic carbocycles. The van der Waals surface area contributed by atoms with Crippen molar-refractivity contribution in [1.82, 2.24) is 4.90 Å². The highest BCUT2D eigenvalue weighted by Crippen LogP contribution is 2.24. The summed E-state index contributed by atoms with van der Waals surface area (Å²) in [6.45, 7) is 7.72. The maximum Gasteiger partial charge on any atom is 0.108 e. The van der Waals surface area contributed by atoms with E-state index in [1.807, 2.05) is 12.2 Å². The fourth-order valence-electron chi connectivity index (χ4n) is 2.26. The SMILES string of the molecule is C=C/C=C(\C=C/CF)N1CCC(CCC)C1. The van der Waals surface area contributed by atoms with Crippen molar-refractivity contribution in [3.63, 3.8) is 0 Å². The van der Waals surface area contributed by atoms with Gasteiger partial charge in [0.15, 0.2) is 0 Å². The third kappa shape index (κ3) is 3.84. The second kappa shape index (κ2) is 7.26. The van der Waals surface area contributed by atoms with E-state index in [2.05, 4.69) is 18.4 Å². The second-order valence-electron chi connectivity index (χ2n) is 4.27. The van der Waals surface area contributed by atoms with Crippen LogP contribution in [0.5, 0.6) is 0 Å². The average Bonchev–Trinajstić information content (AvgIpc) is 2.73. The first-order valence-corrected chi connectivity index (χ1v) is 6.12. The molecule has 90 valence electrons. The van der Waals surface area contributed by atoms with Crippen LogP contribution < -0.4 is 0 Å². The van der Waals surface area contributed by atoms with Gasteiger partial charge < -0.3 is 4.90 Å². The van der Waals surface area contributed by atoms with Gasteiger partial charge in [0.25, 0.3) is 0 Å². The lowest BCUT2D eigenvalue weighted by Crippen LogP contribution is -2.19. The Kier molecular flexibility index (Phi) is 5.91.